The van der Waals surface area contributed by atoms with Gasteiger partial charge in [-0.1, -0.05) is 6.08 Å². The molecule has 0 spiro atoms. The van der Waals surface area contributed by atoms with Crippen molar-refractivity contribution in [1.29, 1.82) is 0 Å². The standard InChI is InChI=1S/C20H17ClN6OS/c21-9-18(28)27-5-3-12(4-6-27)16-8-14-19(22-10-23-20(14)26-16)25-13-1-2-15-17(7-13)29-11-24-15/h1-3,7-8,10-11H,4-6,9H2,(H2,22,23,25,26). The monoisotopic (exact) mass is 424 g/mol. The van der Waals surface area contributed by atoms with Gasteiger partial charge < -0.3 is 15.2 Å². The number of fused-ring (bicyclic) bond motifs is 2. The maximum atomic E-state index is 11.8. The minimum absolute atomic E-state index is 0.0213. The number of hydrogen-bond donors (Lipinski definition) is 2. The topological polar surface area (TPSA) is 86.8 Å². The fraction of sp³-hybridized carbons (Fsp3) is 0.200. The molecule has 0 bridgehead atoms. The summed E-state index contributed by atoms with van der Waals surface area (Å²) in [5.41, 5.74) is 6.73. The third-order valence-corrected chi connectivity index (χ3v) is 6.06. The van der Waals surface area contributed by atoms with E-state index in [1.165, 1.54) is 5.57 Å². The minimum Gasteiger partial charge on any atom is -0.340 e. The Hall–Kier alpha value is -2.97. The molecule has 1 aliphatic heterocycles. The van der Waals surface area contributed by atoms with Crippen LogP contribution < -0.4 is 5.32 Å². The average Bonchev–Trinajstić information content (AvgIpc) is 3.40. The first-order chi connectivity index (χ1) is 14.2. The Balaban J connectivity index is 1.44. The van der Waals surface area contributed by atoms with E-state index in [0.717, 1.165) is 44.9 Å². The lowest BCUT2D eigenvalue weighted by molar-refractivity contribution is -0.128. The molecule has 0 fully saturated rings. The van der Waals surface area contributed by atoms with Crippen molar-refractivity contribution in [2.75, 3.05) is 24.3 Å². The Kier molecular flexibility index (Phi) is 4.65. The van der Waals surface area contributed by atoms with Crippen LogP contribution in [0, 0.1) is 0 Å². The first-order valence-electron chi connectivity index (χ1n) is 9.18. The zero-order valence-corrected chi connectivity index (χ0v) is 16.9. The van der Waals surface area contributed by atoms with Crippen LogP contribution in [-0.4, -0.2) is 49.7 Å². The number of carbonyl (C=O) groups excluding carboxylic acids is 1. The lowest BCUT2D eigenvalue weighted by Gasteiger charge is -2.25. The molecular formula is C20H17ClN6OS. The maximum Gasteiger partial charge on any atom is 0.237 e. The van der Waals surface area contributed by atoms with Crippen molar-refractivity contribution < 1.29 is 4.79 Å². The Morgan fingerprint density at radius 3 is 3.03 bits per heavy atom. The van der Waals surface area contributed by atoms with E-state index in [2.05, 4.69) is 43.5 Å². The smallest absolute Gasteiger partial charge is 0.237 e. The summed E-state index contributed by atoms with van der Waals surface area (Å²) >= 11 is 7.27. The SMILES string of the molecule is O=C(CCl)N1CC=C(c2cc3c(Nc4ccc5ncsc5c4)ncnc3[nH]2)CC1. The summed E-state index contributed by atoms with van der Waals surface area (Å²) in [5, 5.41) is 4.32. The molecule has 0 saturated heterocycles. The zero-order chi connectivity index (χ0) is 19.8. The van der Waals surface area contributed by atoms with Crippen molar-refractivity contribution in [3.05, 3.63) is 47.9 Å². The summed E-state index contributed by atoms with van der Waals surface area (Å²) in [6.07, 6.45) is 4.39. The number of hydrogen-bond acceptors (Lipinski definition) is 6. The van der Waals surface area contributed by atoms with Crippen LogP contribution in [0.5, 0.6) is 0 Å². The van der Waals surface area contributed by atoms with Gasteiger partial charge in [0.25, 0.3) is 0 Å². The largest absolute Gasteiger partial charge is 0.340 e. The van der Waals surface area contributed by atoms with E-state index in [1.807, 2.05) is 17.6 Å². The van der Waals surface area contributed by atoms with Crippen LogP contribution in [0.4, 0.5) is 11.5 Å². The van der Waals surface area contributed by atoms with E-state index in [9.17, 15) is 4.79 Å². The van der Waals surface area contributed by atoms with Crippen LogP contribution in [-0.2, 0) is 4.79 Å². The first kappa shape index (κ1) is 18.1. The number of nitrogens with one attached hydrogen (secondary N) is 2. The molecule has 0 radical (unpaired) electrons. The Morgan fingerprint density at radius 2 is 2.21 bits per heavy atom. The van der Waals surface area contributed by atoms with Crippen molar-refractivity contribution in [1.82, 2.24) is 24.8 Å². The molecule has 146 valence electrons. The van der Waals surface area contributed by atoms with Gasteiger partial charge in [-0.2, -0.15) is 0 Å². The minimum atomic E-state index is -0.0334. The predicted molar refractivity (Wildman–Crippen MR) is 117 cm³/mol. The molecule has 0 atom stereocenters. The van der Waals surface area contributed by atoms with Crippen molar-refractivity contribution in [3.63, 3.8) is 0 Å². The molecule has 4 heterocycles. The van der Waals surface area contributed by atoms with Gasteiger partial charge in [-0.3, -0.25) is 4.79 Å². The van der Waals surface area contributed by atoms with Gasteiger partial charge in [0.05, 0.1) is 21.1 Å². The lowest BCUT2D eigenvalue weighted by Crippen LogP contribution is -2.35. The zero-order valence-electron chi connectivity index (χ0n) is 15.4. The average molecular weight is 425 g/mol. The summed E-state index contributed by atoms with van der Waals surface area (Å²) in [5.74, 6) is 0.735. The van der Waals surface area contributed by atoms with E-state index in [0.29, 0.717) is 13.1 Å². The second-order valence-electron chi connectivity index (χ2n) is 6.78. The summed E-state index contributed by atoms with van der Waals surface area (Å²) in [7, 11) is 0. The number of H-pyrrole nitrogens is 1. The molecule has 7 nitrogen and oxygen atoms in total. The van der Waals surface area contributed by atoms with Crippen LogP contribution >= 0.6 is 22.9 Å². The number of carbonyl (C=O) groups is 1. The number of anilines is 2. The third kappa shape index (κ3) is 3.45. The molecule has 0 saturated carbocycles. The molecule has 2 N–H and O–H groups in total. The van der Waals surface area contributed by atoms with E-state index in [4.69, 9.17) is 11.6 Å². The van der Waals surface area contributed by atoms with Crippen molar-refractivity contribution in [2.45, 2.75) is 6.42 Å². The third-order valence-electron chi connectivity index (χ3n) is 5.04. The fourth-order valence-electron chi connectivity index (χ4n) is 3.51. The molecule has 1 aromatic carbocycles. The first-order valence-corrected chi connectivity index (χ1v) is 10.6. The number of thiazole rings is 1. The number of halogens is 1. The van der Waals surface area contributed by atoms with Crippen LogP contribution in [0.2, 0.25) is 0 Å². The fourth-order valence-corrected chi connectivity index (χ4v) is 4.39. The number of aromatic nitrogens is 4. The Bertz CT molecular complexity index is 1250. The number of amides is 1. The van der Waals surface area contributed by atoms with Crippen molar-refractivity contribution in [2.24, 2.45) is 0 Å². The van der Waals surface area contributed by atoms with Gasteiger partial charge >= 0.3 is 0 Å². The molecule has 1 amide bonds. The van der Waals surface area contributed by atoms with Gasteiger partial charge in [-0.25, -0.2) is 15.0 Å². The number of alkyl halides is 1. The molecule has 4 aromatic rings. The second kappa shape index (κ2) is 7.46. The molecule has 0 unspecified atom stereocenters. The number of rotatable bonds is 4. The van der Waals surface area contributed by atoms with Crippen LogP contribution in [0.3, 0.4) is 0 Å². The number of aromatic amines is 1. The highest BCUT2D eigenvalue weighted by molar-refractivity contribution is 7.16. The Morgan fingerprint density at radius 1 is 1.28 bits per heavy atom. The van der Waals surface area contributed by atoms with E-state index < -0.39 is 0 Å². The highest BCUT2D eigenvalue weighted by Crippen LogP contribution is 2.30. The van der Waals surface area contributed by atoms with Gasteiger partial charge in [0.2, 0.25) is 5.91 Å². The Labute approximate surface area is 175 Å². The second-order valence-corrected chi connectivity index (χ2v) is 7.93. The molecule has 29 heavy (non-hydrogen) atoms. The predicted octanol–water partition coefficient (Wildman–Crippen LogP) is 4.17. The summed E-state index contributed by atoms with van der Waals surface area (Å²) in [6.45, 7) is 1.24. The van der Waals surface area contributed by atoms with Gasteiger partial charge in [-0.05, 0) is 36.3 Å². The molecular weight excluding hydrogens is 408 g/mol. The van der Waals surface area contributed by atoms with E-state index >= 15 is 0 Å². The number of benzene rings is 1. The van der Waals surface area contributed by atoms with Crippen LogP contribution in [0.15, 0.2) is 42.2 Å². The molecule has 9 heteroatoms. The van der Waals surface area contributed by atoms with E-state index in [-0.39, 0.29) is 11.8 Å². The summed E-state index contributed by atoms with van der Waals surface area (Å²) in [4.78, 5) is 30.0. The van der Waals surface area contributed by atoms with Gasteiger partial charge in [0, 0.05) is 24.5 Å². The molecule has 1 aliphatic rings. The number of nitrogens with zero attached hydrogens (tertiary/aromatic N) is 4. The van der Waals surface area contributed by atoms with Crippen molar-refractivity contribution >= 4 is 67.2 Å². The summed E-state index contributed by atoms with van der Waals surface area (Å²) in [6, 6.07) is 8.12. The van der Waals surface area contributed by atoms with Gasteiger partial charge in [0.1, 0.15) is 23.7 Å². The quantitative estimate of drug-likeness (QED) is 0.480. The summed E-state index contributed by atoms with van der Waals surface area (Å²) < 4.78 is 1.12. The molecule has 5 rings (SSSR count). The normalized spacial score (nSPS) is 14.4. The van der Waals surface area contributed by atoms with Crippen LogP contribution in [0.25, 0.3) is 26.8 Å². The van der Waals surface area contributed by atoms with E-state index in [1.54, 1.807) is 22.6 Å². The molecule has 0 aliphatic carbocycles. The van der Waals surface area contributed by atoms with Gasteiger partial charge in [-0.15, -0.1) is 22.9 Å². The maximum absolute atomic E-state index is 11.8. The highest BCUT2D eigenvalue weighted by Gasteiger charge is 2.19. The van der Waals surface area contributed by atoms with Crippen LogP contribution in [0.1, 0.15) is 12.1 Å². The van der Waals surface area contributed by atoms with Gasteiger partial charge in [0.15, 0.2) is 0 Å². The highest BCUT2D eigenvalue weighted by atomic mass is 35.5. The lowest BCUT2D eigenvalue weighted by atomic mass is 10.0. The van der Waals surface area contributed by atoms with Crippen molar-refractivity contribution in [3.8, 4) is 0 Å². The molecule has 3 aromatic heterocycles.